The van der Waals surface area contributed by atoms with E-state index in [-0.39, 0.29) is 11.9 Å². The molecule has 6 nitrogen and oxygen atoms in total. The average molecular weight is 308 g/mol. The van der Waals surface area contributed by atoms with Gasteiger partial charge in [0.25, 0.3) is 10.1 Å². The van der Waals surface area contributed by atoms with Crippen molar-refractivity contribution in [1.82, 2.24) is 0 Å². The lowest BCUT2D eigenvalue weighted by Crippen LogP contribution is -2.43. The Kier molecular flexibility index (Phi) is 7.40. The number of quaternary nitrogens is 1. The number of carbonyl (C=O) groups is 1. The molecule has 0 aromatic heterocycles. The molecule has 0 saturated carbocycles. The normalized spacial score (nSPS) is 13.8. The zero-order chi connectivity index (χ0) is 16.0. The molecule has 7 heteroatoms. The monoisotopic (exact) mass is 308 g/mol. The highest BCUT2D eigenvalue weighted by molar-refractivity contribution is 7.85. The van der Waals surface area contributed by atoms with Gasteiger partial charge < -0.3 is 9.22 Å². The summed E-state index contributed by atoms with van der Waals surface area (Å²) in [6.45, 7) is 8.31. The van der Waals surface area contributed by atoms with Gasteiger partial charge >= 0.3 is 5.97 Å². The fourth-order valence-corrected chi connectivity index (χ4v) is 2.15. The van der Waals surface area contributed by atoms with Crippen LogP contribution in [-0.4, -0.2) is 62.5 Å². The summed E-state index contributed by atoms with van der Waals surface area (Å²) >= 11 is 0. The minimum Gasteiger partial charge on any atom is -0.459 e. The minimum atomic E-state index is -3.89. The van der Waals surface area contributed by atoms with Crippen molar-refractivity contribution in [3.8, 4) is 0 Å². The number of esters is 1. The van der Waals surface area contributed by atoms with Crippen LogP contribution >= 0.6 is 0 Å². The predicted molar refractivity (Wildman–Crippen MR) is 77.9 cm³/mol. The van der Waals surface area contributed by atoms with Gasteiger partial charge in [0.2, 0.25) is 0 Å². The third-order valence-corrected chi connectivity index (χ3v) is 3.77. The van der Waals surface area contributed by atoms with Crippen LogP contribution in [0.4, 0.5) is 0 Å². The molecule has 0 heterocycles. The quantitative estimate of drug-likeness (QED) is 0.300. The Balaban J connectivity index is 4.08. The van der Waals surface area contributed by atoms with E-state index in [2.05, 4.69) is 6.58 Å². The number of rotatable bonds is 9. The van der Waals surface area contributed by atoms with Crippen molar-refractivity contribution in [1.29, 1.82) is 0 Å². The van der Waals surface area contributed by atoms with Crippen molar-refractivity contribution in [2.24, 2.45) is 0 Å². The fraction of sp³-hybridized carbons (Fsp3) is 0.769. The Morgan fingerprint density at radius 3 is 2.35 bits per heavy atom. The van der Waals surface area contributed by atoms with Gasteiger partial charge in [-0.2, -0.15) is 8.42 Å². The molecule has 0 amide bonds. The smallest absolute Gasteiger partial charge is 0.333 e. The van der Waals surface area contributed by atoms with E-state index >= 15 is 0 Å². The van der Waals surface area contributed by atoms with Gasteiger partial charge in [0.05, 0.1) is 32.9 Å². The Morgan fingerprint density at radius 1 is 1.35 bits per heavy atom. The highest BCUT2D eigenvalue weighted by Gasteiger charge is 2.19. The molecule has 0 aliphatic heterocycles. The minimum absolute atomic E-state index is 0.210. The number of ether oxygens (including phenoxy) is 1. The van der Waals surface area contributed by atoms with E-state index in [0.29, 0.717) is 29.4 Å². The Morgan fingerprint density at radius 2 is 1.90 bits per heavy atom. The highest BCUT2D eigenvalue weighted by atomic mass is 32.2. The molecule has 0 rings (SSSR count). The summed E-state index contributed by atoms with van der Waals surface area (Å²) in [6.07, 6.45) is 0.863. The third kappa shape index (κ3) is 9.94. The highest BCUT2D eigenvalue weighted by Crippen LogP contribution is 2.08. The van der Waals surface area contributed by atoms with Crippen LogP contribution in [0.15, 0.2) is 12.2 Å². The Bertz CT molecular complexity index is 442. The van der Waals surface area contributed by atoms with Gasteiger partial charge in [0.15, 0.2) is 0 Å². The lowest BCUT2D eigenvalue weighted by molar-refractivity contribution is -0.890. The van der Waals surface area contributed by atoms with E-state index in [1.165, 1.54) is 0 Å². The molecule has 1 atom stereocenters. The summed E-state index contributed by atoms with van der Waals surface area (Å²) in [4.78, 5) is 11.3. The van der Waals surface area contributed by atoms with Gasteiger partial charge in [0, 0.05) is 18.4 Å². The van der Waals surface area contributed by atoms with Gasteiger partial charge in [0.1, 0.15) is 6.10 Å². The maximum atomic E-state index is 11.3. The summed E-state index contributed by atoms with van der Waals surface area (Å²) in [7, 11) is 0.0468. The molecule has 0 aromatic carbocycles. The largest absolute Gasteiger partial charge is 0.459 e. The summed E-state index contributed by atoms with van der Waals surface area (Å²) in [5, 5.41) is 0. The maximum absolute atomic E-state index is 11.3. The van der Waals surface area contributed by atoms with Crippen molar-refractivity contribution < 1.29 is 27.0 Å². The van der Waals surface area contributed by atoms with Crippen LogP contribution in [0, 0.1) is 0 Å². The number of hydrogen-bond donors (Lipinski definition) is 1. The predicted octanol–water partition coefficient (Wildman–Crippen LogP) is 1.24. The van der Waals surface area contributed by atoms with Crippen LogP contribution in [0.1, 0.15) is 26.7 Å². The van der Waals surface area contributed by atoms with Gasteiger partial charge in [-0.25, -0.2) is 4.79 Å². The SMILES string of the molecule is C=C(C)C(=O)OC(C)CC[N+](C)(C)CCCS(=O)(=O)O. The summed E-state index contributed by atoms with van der Waals surface area (Å²) < 4.78 is 35.8. The molecule has 0 fully saturated rings. The summed E-state index contributed by atoms with van der Waals surface area (Å²) in [5.41, 5.74) is 0.374. The third-order valence-electron chi connectivity index (χ3n) is 2.96. The second-order valence-corrected chi connectivity index (χ2v) is 7.38. The van der Waals surface area contributed by atoms with E-state index in [0.717, 1.165) is 6.54 Å². The lowest BCUT2D eigenvalue weighted by atomic mass is 10.2. The number of carbonyl (C=O) groups excluding carboxylic acids is 1. The topological polar surface area (TPSA) is 80.7 Å². The molecule has 0 aliphatic rings. The summed E-state index contributed by atoms with van der Waals surface area (Å²) in [5.74, 6) is -0.622. The average Bonchev–Trinajstić information content (AvgIpc) is 2.24. The zero-order valence-corrected chi connectivity index (χ0v) is 13.6. The molecular formula is C13H26NO5S+. The van der Waals surface area contributed by atoms with E-state index in [1.54, 1.807) is 6.92 Å². The second-order valence-electron chi connectivity index (χ2n) is 5.81. The molecule has 0 aromatic rings. The second kappa shape index (κ2) is 7.75. The molecule has 1 N–H and O–H groups in total. The first kappa shape index (κ1) is 19.1. The molecule has 0 saturated heterocycles. The first-order valence-corrected chi connectivity index (χ1v) is 8.17. The molecule has 0 aliphatic carbocycles. The first-order chi connectivity index (χ1) is 8.93. The van der Waals surface area contributed by atoms with Crippen molar-refractivity contribution in [2.45, 2.75) is 32.8 Å². The van der Waals surface area contributed by atoms with Crippen LogP contribution in [0.2, 0.25) is 0 Å². The Hall–Kier alpha value is -0.920. The van der Waals surface area contributed by atoms with Crippen LogP contribution in [0.3, 0.4) is 0 Å². The fourth-order valence-electron chi connectivity index (χ4n) is 1.66. The molecule has 118 valence electrons. The lowest BCUT2D eigenvalue weighted by Gasteiger charge is -2.30. The number of hydrogen-bond acceptors (Lipinski definition) is 4. The van der Waals surface area contributed by atoms with Gasteiger partial charge in [-0.3, -0.25) is 4.55 Å². The van der Waals surface area contributed by atoms with E-state index in [4.69, 9.17) is 9.29 Å². The van der Waals surface area contributed by atoms with Crippen molar-refractivity contribution >= 4 is 16.1 Å². The molecule has 0 bridgehead atoms. The zero-order valence-electron chi connectivity index (χ0n) is 12.8. The van der Waals surface area contributed by atoms with Gasteiger partial charge in [-0.05, 0) is 13.8 Å². The molecule has 20 heavy (non-hydrogen) atoms. The van der Waals surface area contributed by atoms with Crippen molar-refractivity contribution in [2.75, 3.05) is 32.9 Å². The van der Waals surface area contributed by atoms with E-state index in [9.17, 15) is 13.2 Å². The van der Waals surface area contributed by atoms with Crippen LogP contribution in [0.5, 0.6) is 0 Å². The maximum Gasteiger partial charge on any atom is 0.333 e. The molecule has 1 unspecified atom stereocenters. The van der Waals surface area contributed by atoms with Crippen LogP contribution in [-0.2, 0) is 19.6 Å². The Labute approximate surface area is 121 Å². The first-order valence-electron chi connectivity index (χ1n) is 6.56. The molecule has 0 spiro atoms. The van der Waals surface area contributed by atoms with E-state index < -0.39 is 16.1 Å². The van der Waals surface area contributed by atoms with Crippen molar-refractivity contribution in [3.05, 3.63) is 12.2 Å². The van der Waals surface area contributed by atoms with Crippen LogP contribution in [0.25, 0.3) is 0 Å². The van der Waals surface area contributed by atoms with Gasteiger partial charge in [-0.1, -0.05) is 6.58 Å². The van der Waals surface area contributed by atoms with Crippen LogP contribution < -0.4 is 0 Å². The van der Waals surface area contributed by atoms with Gasteiger partial charge in [-0.15, -0.1) is 0 Å². The molecular weight excluding hydrogens is 282 g/mol. The standard InChI is InChI=1S/C13H25NO5S/c1-11(2)13(15)19-12(3)7-9-14(4,5)8-6-10-20(16,17)18/h12H,1,6-10H2,2-5H3/p+1. The molecule has 0 radical (unpaired) electrons. The number of nitrogens with zero attached hydrogens (tertiary/aromatic N) is 1. The van der Waals surface area contributed by atoms with Crippen molar-refractivity contribution in [3.63, 3.8) is 0 Å². The summed E-state index contributed by atoms with van der Waals surface area (Å²) in [6, 6.07) is 0. The van der Waals surface area contributed by atoms with E-state index in [1.807, 2.05) is 21.0 Å².